The van der Waals surface area contributed by atoms with Gasteiger partial charge in [-0.25, -0.2) is 0 Å². The normalized spacial score (nSPS) is 12.2. The second-order valence-electron chi connectivity index (χ2n) is 8.95. The summed E-state index contributed by atoms with van der Waals surface area (Å²) in [5.74, 6) is -0.810. The zero-order valence-corrected chi connectivity index (χ0v) is 21.1. The van der Waals surface area contributed by atoms with Gasteiger partial charge in [0.15, 0.2) is 11.7 Å². The predicted octanol–water partition coefficient (Wildman–Crippen LogP) is 3.46. The fourth-order valence-electron chi connectivity index (χ4n) is 3.52. The number of furan rings is 1. The molecule has 3 amide bonds. The largest absolute Gasteiger partial charge is 0.464 e. The summed E-state index contributed by atoms with van der Waals surface area (Å²) in [6.45, 7) is 7.74. The van der Waals surface area contributed by atoms with Gasteiger partial charge in [0.05, 0.1) is 5.69 Å². The highest BCUT2D eigenvalue weighted by molar-refractivity contribution is 7.09. The van der Waals surface area contributed by atoms with Gasteiger partial charge in [0.25, 0.3) is 17.7 Å². The lowest BCUT2D eigenvalue weighted by Crippen LogP contribution is -2.50. The molecule has 35 heavy (non-hydrogen) atoms. The van der Waals surface area contributed by atoms with E-state index >= 15 is 0 Å². The van der Waals surface area contributed by atoms with Crippen LogP contribution in [0.25, 0.3) is 0 Å². The Bertz CT molecular complexity index is 1200. The molecular weight excluding hydrogens is 466 g/mol. The molecule has 9 nitrogen and oxygen atoms in total. The SMILES string of the molecule is CCC(C)(C)NC(=O)C(c1ccc(C)o1)N(CCc1ccccc1)C(=O)c1snc(C(N)=O)c1N. The van der Waals surface area contributed by atoms with E-state index in [1.54, 1.807) is 19.1 Å². The van der Waals surface area contributed by atoms with E-state index in [9.17, 15) is 14.4 Å². The molecular formula is C25H31N5O4S. The number of amides is 3. The Morgan fingerprint density at radius 3 is 2.40 bits per heavy atom. The summed E-state index contributed by atoms with van der Waals surface area (Å²) in [7, 11) is 0. The molecule has 0 aliphatic rings. The second-order valence-corrected chi connectivity index (χ2v) is 9.72. The Balaban J connectivity index is 2.07. The van der Waals surface area contributed by atoms with Crippen LogP contribution < -0.4 is 16.8 Å². The number of hydrogen-bond acceptors (Lipinski definition) is 7. The maximum absolute atomic E-state index is 13.8. The van der Waals surface area contributed by atoms with Gasteiger partial charge in [-0.15, -0.1) is 0 Å². The average molecular weight is 498 g/mol. The number of hydrogen-bond donors (Lipinski definition) is 3. The van der Waals surface area contributed by atoms with Crippen LogP contribution in [0.4, 0.5) is 5.69 Å². The molecule has 0 aliphatic carbocycles. The summed E-state index contributed by atoms with van der Waals surface area (Å²) in [4.78, 5) is 40.6. The van der Waals surface area contributed by atoms with Crippen LogP contribution in [0.1, 0.15) is 70.5 Å². The highest BCUT2D eigenvalue weighted by Crippen LogP contribution is 2.30. The van der Waals surface area contributed by atoms with E-state index in [4.69, 9.17) is 15.9 Å². The lowest BCUT2D eigenvalue weighted by Gasteiger charge is -2.33. The minimum Gasteiger partial charge on any atom is -0.464 e. The zero-order chi connectivity index (χ0) is 25.8. The highest BCUT2D eigenvalue weighted by atomic mass is 32.1. The fourth-order valence-corrected chi connectivity index (χ4v) is 4.28. The van der Waals surface area contributed by atoms with E-state index in [-0.39, 0.29) is 28.7 Å². The van der Waals surface area contributed by atoms with Crippen LogP contribution in [-0.2, 0) is 11.2 Å². The van der Waals surface area contributed by atoms with Crippen LogP contribution >= 0.6 is 11.5 Å². The first-order valence-corrected chi connectivity index (χ1v) is 12.1. The molecule has 1 atom stereocenters. The van der Waals surface area contributed by atoms with Gasteiger partial charge in [0.1, 0.15) is 16.4 Å². The van der Waals surface area contributed by atoms with Crippen LogP contribution in [-0.4, -0.2) is 39.1 Å². The minimum atomic E-state index is -1.07. The lowest BCUT2D eigenvalue weighted by atomic mass is 10.0. The number of rotatable bonds is 10. The first-order valence-electron chi connectivity index (χ1n) is 11.3. The van der Waals surface area contributed by atoms with Crippen LogP contribution in [0, 0.1) is 6.92 Å². The number of aromatic nitrogens is 1. The van der Waals surface area contributed by atoms with Crippen molar-refractivity contribution in [1.82, 2.24) is 14.6 Å². The number of carbonyl (C=O) groups is 3. The Morgan fingerprint density at radius 2 is 1.86 bits per heavy atom. The molecule has 0 bridgehead atoms. The molecule has 0 fully saturated rings. The third kappa shape index (κ3) is 6.07. The molecule has 0 radical (unpaired) electrons. The molecule has 0 saturated heterocycles. The van der Waals surface area contributed by atoms with Crippen LogP contribution in [0.5, 0.6) is 0 Å². The molecule has 3 rings (SSSR count). The molecule has 1 aromatic carbocycles. The van der Waals surface area contributed by atoms with Gasteiger partial charge in [-0.1, -0.05) is 37.3 Å². The van der Waals surface area contributed by atoms with E-state index < -0.39 is 23.4 Å². The van der Waals surface area contributed by atoms with Gasteiger partial charge < -0.3 is 26.1 Å². The molecule has 0 aliphatic heterocycles. The van der Waals surface area contributed by atoms with Gasteiger partial charge >= 0.3 is 0 Å². The van der Waals surface area contributed by atoms with Gasteiger partial charge in [-0.3, -0.25) is 14.4 Å². The van der Waals surface area contributed by atoms with E-state index in [1.165, 1.54) is 4.90 Å². The first kappa shape index (κ1) is 26.0. The summed E-state index contributed by atoms with van der Waals surface area (Å²) >= 11 is 0.780. The summed E-state index contributed by atoms with van der Waals surface area (Å²) < 4.78 is 9.80. The quantitative estimate of drug-likeness (QED) is 0.391. The predicted molar refractivity (Wildman–Crippen MR) is 135 cm³/mol. The maximum atomic E-state index is 13.8. The van der Waals surface area contributed by atoms with E-state index in [0.29, 0.717) is 24.4 Å². The Labute approximate surface area is 208 Å². The number of benzene rings is 1. The van der Waals surface area contributed by atoms with Crippen LogP contribution in [0.3, 0.4) is 0 Å². The number of nitrogens with one attached hydrogen (secondary N) is 1. The summed E-state index contributed by atoms with van der Waals surface area (Å²) in [5.41, 5.74) is 11.6. The fraction of sp³-hybridized carbons (Fsp3) is 0.360. The van der Waals surface area contributed by atoms with Crippen molar-refractivity contribution >= 4 is 34.9 Å². The Morgan fingerprint density at radius 1 is 1.17 bits per heavy atom. The minimum absolute atomic E-state index is 0.0442. The highest BCUT2D eigenvalue weighted by Gasteiger charge is 2.38. The molecule has 5 N–H and O–H groups in total. The smallest absolute Gasteiger partial charge is 0.270 e. The number of nitrogen functional groups attached to an aromatic ring is 1. The Kier molecular flexibility index (Phi) is 7.96. The third-order valence-corrected chi connectivity index (χ3v) is 6.69. The molecule has 186 valence electrons. The van der Waals surface area contributed by atoms with Crippen molar-refractivity contribution in [3.8, 4) is 0 Å². The monoisotopic (exact) mass is 497 g/mol. The topological polar surface area (TPSA) is 145 Å². The van der Waals surface area contributed by atoms with Crippen molar-refractivity contribution in [3.63, 3.8) is 0 Å². The number of nitrogens with zero attached hydrogens (tertiary/aromatic N) is 2. The number of carbonyl (C=O) groups excluding carboxylic acids is 3. The zero-order valence-electron chi connectivity index (χ0n) is 20.3. The van der Waals surface area contributed by atoms with E-state index in [2.05, 4.69) is 9.69 Å². The maximum Gasteiger partial charge on any atom is 0.270 e. The molecule has 2 heterocycles. The summed E-state index contributed by atoms with van der Waals surface area (Å²) in [6.07, 6.45) is 1.17. The molecule has 0 saturated carbocycles. The molecule has 0 spiro atoms. The first-order chi connectivity index (χ1) is 16.5. The Hall–Kier alpha value is -3.66. The van der Waals surface area contributed by atoms with Crippen molar-refractivity contribution in [2.75, 3.05) is 12.3 Å². The third-order valence-electron chi connectivity index (χ3n) is 5.84. The van der Waals surface area contributed by atoms with Gasteiger partial charge in [0, 0.05) is 12.1 Å². The standard InChI is InChI=1S/C25H31N5O4S/c1-5-25(3,4)28-23(32)20(17-12-11-15(2)34-17)30(14-13-16-9-7-6-8-10-16)24(33)21-18(26)19(22(27)31)29-35-21/h6-12,20H,5,13-14,26H2,1-4H3,(H2,27,31)(H,28,32). The molecule has 2 aromatic heterocycles. The number of primary amides is 1. The van der Waals surface area contributed by atoms with Crippen LogP contribution in [0.2, 0.25) is 0 Å². The summed E-state index contributed by atoms with van der Waals surface area (Å²) in [6, 6.07) is 12.0. The van der Waals surface area contributed by atoms with E-state index in [1.807, 2.05) is 51.1 Å². The molecule has 10 heteroatoms. The van der Waals surface area contributed by atoms with Crippen molar-refractivity contribution in [3.05, 3.63) is 70.1 Å². The average Bonchev–Trinajstić information content (AvgIpc) is 3.41. The van der Waals surface area contributed by atoms with Crippen molar-refractivity contribution in [2.45, 2.75) is 52.1 Å². The molecule has 3 aromatic rings. The number of nitrogens with two attached hydrogens (primary N) is 2. The van der Waals surface area contributed by atoms with Crippen molar-refractivity contribution < 1.29 is 18.8 Å². The lowest BCUT2D eigenvalue weighted by molar-refractivity contribution is -0.128. The number of anilines is 1. The summed E-state index contributed by atoms with van der Waals surface area (Å²) in [5, 5.41) is 3.03. The second kappa shape index (κ2) is 10.7. The van der Waals surface area contributed by atoms with Crippen LogP contribution in [0.15, 0.2) is 46.9 Å². The molecule has 1 unspecified atom stereocenters. The van der Waals surface area contributed by atoms with Crippen molar-refractivity contribution in [2.24, 2.45) is 5.73 Å². The van der Waals surface area contributed by atoms with Gasteiger partial charge in [-0.2, -0.15) is 4.37 Å². The van der Waals surface area contributed by atoms with E-state index in [0.717, 1.165) is 17.1 Å². The van der Waals surface area contributed by atoms with Crippen molar-refractivity contribution in [1.29, 1.82) is 0 Å². The number of aryl methyl sites for hydroxylation is 1. The van der Waals surface area contributed by atoms with Gasteiger partial charge in [-0.05, 0) is 62.8 Å². The van der Waals surface area contributed by atoms with Gasteiger partial charge in [0.2, 0.25) is 0 Å².